The highest BCUT2D eigenvalue weighted by atomic mass is 16.4. The summed E-state index contributed by atoms with van der Waals surface area (Å²) in [4.78, 5) is 22.6. The topological polar surface area (TPSA) is 66.4 Å². The number of carbonyl (C=O) groups excluding carboxylic acids is 1. The fourth-order valence-electron chi connectivity index (χ4n) is 3.59. The highest BCUT2D eigenvalue weighted by Crippen LogP contribution is 2.60. The van der Waals surface area contributed by atoms with Crippen molar-refractivity contribution < 1.29 is 14.7 Å². The molecule has 2 atom stereocenters. The Morgan fingerprint density at radius 2 is 2.15 bits per heavy atom. The van der Waals surface area contributed by atoms with E-state index in [0.29, 0.717) is 0 Å². The van der Waals surface area contributed by atoms with Crippen LogP contribution in [0.4, 0.5) is 0 Å². The monoisotopic (exact) mass is 273 g/mol. The number of aryl methyl sites for hydroxylation is 1. The van der Waals surface area contributed by atoms with Gasteiger partial charge in [-0.15, -0.1) is 0 Å². The average molecular weight is 273 g/mol. The molecule has 1 saturated carbocycles. The number of amides is 1. The summed E-state index contributed by atoms with van der Waals surface area (Å²) in [6, 6.07) is 8.42. The van der Waals surface area contributed by atoms with Gasteiger partial charge in [0.2, 0.25) is 5.91 Å². The van der Waals surface area contributed by atoms with E-state index in [1.807, 2.05) is 6.07 Å². The Balaban J connectivity index is 1.69. The van der Waals surface area contributed by atoms with E-state index in [1.54, 1.807) is 0 Å². The maximum absolute atomic E-state index is 12.2. The van der Waals surface area contributed by atoms with Crippen molar-refractivity contribution in [3.8, 4) is 0 Å². The Morgan fingerprint density at radius 3 is 2.95 bits per heavy atom. The number of hydrogen-bond donors (Lipinski definition) is 2. The molecule has 4 nitrogen and oxygen atoms in total. The number of carboxylic acids is 1. The van der Waals surface area contributed by atoms with Gasteiger partial charge in [-0.25, -0.2) is 0 Å². The summed E-state index contributed by atoms with van der Waals surface area (Å²) in [7, 11) is 0. The van der Waals surface area contributed by atoms with Gasteiger partial charge in [0.1, 0.15) is 0 Å². The van der Waals surface area contributed by atoms with Crippen molar-refractivity contribution in [2.45, 2.75) is 37.5 Å². The van der Waals surface area contributed by atoms with Gasteiger partial charge in [0.15, 0.2) is 0 Å². The van der Waals surface area contributed by atoms with Gasteiger partial charge >= 0.3 is 5.97 Å². The van der Waals surface area contributed by atoms with E-state index in [0.717, 1.165) is 25.7 Å². The Hall–Kier alpha value is -1.84. The molecule has 1 aromatic rings. The Bertz CT molecular complexity index is 554. The quantitative estimate of drug-likeness (QED) is 0.880. The van der Waals surface area contributed by atoms with Crippen LogP contribution in [0.1, 0.15) is 36.8 Å². The first-order valence-electron chi connectivity index (χ1n) is 7.21. The molecular weight excluding hydrogens is 254 g/mol. The minimum absolute atomic E-state index is 0.0119. The van der Waals surface area contributed by atoms with Crippen LogP contribution in [0.15, 0.2) is 24.3 Å². The molecule has 2 aliphatic rings. The molecule has 0 saturated heterocycles. The van der Waals surface area contributed by atoms with Crippen LogP contribution in [0.3, 0.4) is 0 Å². The van der Waals surface area contributed by atoms with Crippen molar-refractivity contribution >= 4 is 11.9 Å². The number of aliphatic carboxylic acids is 1. The van der Waals surface area contributed by atoms with Crippen LogP contribution in [-0.2, 0) is 21.4 Å². The second-order valence-electron chi connectivity index (χ2n) is 5.86. The summed E-state index contributed by atoms with van der Waals surface area (Å²) in [5.41, 5.74) is 2.74. The molecule has 0 radical (unpaired) electrons. The maximum Gasteiger partial charge on any atom is 0.305 e. The van der Waals surface area contributed by atoms with Crippen LogP contribution in [0, 0.1) is 5.92 Å². The molecule has 2 N–H and O–H groups in total. The molecule has 3 rings (SSSR count). The van der Waals surface area contributed by atoms with Crippen molar-refractivity contribution in [1.29, 1.82) is 0 Å². The lowest BCUT2D eigenvalue weighted by Gasteiger charge is -2.26. The van der Waals surface area contributed by atoms with Crippen LogP contribution in [-0.4, -0.2) is 23.5 Å². The molecule has 0 aromatic heterocycles. The van der Waals surface area contributed by atoms with Crippen molar-refractivity contribution in [3.05, 3.63) is 35.4 Å². The summed E-state index contributed by atoms with van der Waals surface area (Å²) in [6.07, 6.45) is 4.20. The van der Waals surface area contributed by atoms with Crippen LogP contribution in [0.5, 0.6) is 0 Å². The Kier molecular flexibility index (Phi) is 3.24. The zero-order chi connectivity index (χ0) is 14.2. The number of rotatable bonds is 4. The first-order valence-corrected chi connectivity index (χ1v) is 7.21. The Labute approximate surface area is 118 Å². The first-order chi connectivity index (χ1) is 9.63. The largest absolute Gasteiger partial charge is 0.481 e. The molecule has 1 fully saturated rings. The summed E-state index contributed by atoms with van der Waals surface area (Å²) in [6.45, 7) is 0.225. The van der Waals surface area contributed by atoms with Crippen molar-refractivity contribution in [1.82, 2.24) is 5.32 Å². The minimum Gasteiger partial charge on any atom is -0.481 e. The van der Waals surface area contributed by atoms with Gasteiger partial charge in [0.05, 0.1) is 6.42 Å². The van der Waals surface area contributed by atoms with Crippen LogP contribution >= 0.6 is 0 Å². The lowest BCUT2D eigenvalue weighted by molar-refractivity contribution is -0.136. The van der Waals surface area contributed by atoms with Gasteiger partial charge in [-0.05, 0) is 36.8 Å². The van der Waals surface area contributed by atoms with Crippen LogP contribution < -0.4 is 5.32 Å². The van der Waals surface area contributed by atoms with Crippen molar-refractivity contribution in [2.24, 2.45) is 5.92 Å². The molecule has 1 amide bonds. The number of carboxylic acid groups (broad SMARTS) is 1. The molecule has 0 aliphatic heterocycles. The lowest BCUT2D eigenvalue weighted by Crippen LogP contribution is -2.31. The zero-order valence-electron chi connectivity index (χ0n) is 11.4. The number of hydrogen-bond acceptors (Lipinski definition) is 2. The minimum atomic E-state index is -0.876. The Morgan fingerprint density at radius 1 is 1.35 bits per heavy atom. The van der Waals surface area contributed by atoms with E-state index in [1.165, 1.54) is 11.1 Å². The predicted octanol–water partition coefficient (Wildman–Crippen LogP) is 1.87. The second-order valence-corrected chi connectivity index (χ2v) is 5.86. The van der Waals surface area contributed by atoms with Gasteiger partial charge < -0.3 is 10.4 Å². The first kappa shape index (κ1) is 13.2. The lowest BCUT2D eigenvalue weighted by atomic mass is 9.78. The third kappa shape index (κ3) is 2.19. The molecule has 1 spiro atoms. The van der Waals surface area contributed by atoms with Gasteiger partial charge in [-0.1, -0.05) is 24.3 Å². The van der Waals surface area contributed by atoms with E-state index in [9.17, 15) is 9.59 Å². The number of fused-ring (bicyclic) bond motifs is 2. The van der Waals surface area contributed by atoms with Crippen LogP contribution in [0.2, 0.25) is 0 Å². The van der Waals surface area contributed by atoms with Gasteiger partial charge in [0, 0.05) is 17.9 Å². The number of benzene rings is 1. The van der Waals surface area contributed by atoms with E-state index in [2.05, 4.69) is 23.5 Å². The van der Waals surface area contributed by atoms with Gasteiger partial charge in [-0.2, -0.15) is 0 Å². The molecule has 1 aromatic carbocycles. The molecule has 4 heteroatoms. The molecule has 20 heavy (non-hydrogen) atoms. The molecular formula is C16H19NO3. The molecule has 106 valence electrons. The fourth-order valence-corrected chi connectivity index (χ4v) is 3.59. The highest BCUT2D eigenvalue weighted by molar-refractivity contribution is 5.85. The maximum atomic E-state index is 12.2. The summed E-state index contributed by atoms with van der Waals surface area (Å²) in [5, 5.41) is 11.4. The predicted molar refractivity (Wildman–Crippen MR) is 74.4 cm³/mol. The van der Waals surface area contributed by atoms with Crippen molar-refractivity contribution in [2.75, 3.05) is 6.54 Å². The molecule has 0 heterocycles. The van der Waals surface area contributed by atoms with Gasteiger partial charge in [0.25, 0.3) is 0 Å². The zero-order valence-corrected chi connectivity index (χ0v) is 11.4. The van der Waals surface area contributed by atoms with E-state index in [-0.39, 0.29) is 30.2 Å². The SMILES string of the molecule is O=C(O)CCNC(=O)[C@@H]1C[C@]12CCCc1ccccc12. The third-order valence-electron chi connectivity index (χ3n) is 4.65. The smallest absolute Gasteiger partial charge is 0.305 e. The molecule has 0 unspecified atom stereocenters. The summed E-state index contributed by atoms with van der Waals surface area (Å²) in [5.74, 6) is -0.834. The molecule has 2 aliphatic carbocycles. The normalized spacial score (nSPS) is 26.9. The van der Waals surface area contributed by atoms with Crippen LogP contribution in [0.25, 0.3) is 0 Å². The third-order valence-corrected chi connectivity index (χ3v) is 4.65. The van der Waals surface area contributed by atoms with E-state index >= 15 is 0 Å². The standard InChI is InChI=1S/C16H19NO3/c18-14(19)7-9-17-15(20)13-10-16(13)8-3-5-11-4-1-2-6-12(11)16/h1-2,4,6,13H,3,5,7-10H2,(H,17,20)(H,18,19)/t13-,16-/m0/s1. The van der Waals surface area contributed by atoms with E-state index < -0.39 is 5.97 Å². The molecule has 0 bridgehead atoms. The highest BCUT2D eigenvalue weighted by Gasteiger charge is 2.59. The second kappa shape index (κ2) is 4.93. The summed E-state index contributed by atoms with van der Waals surface area (Å²) >= 11 is 0. The van der Waals surface area contributed by atoms with E-state index in [4.69, 9.17) is 5.11 Å². The van der Waals surface area contributed by atoms with Crippen molar-refractivity contribution in [3.63, 3.8) is 0 Å². The number of carbonyl (C=O) groups is 2. The summed E-state index contributed by atoms with van der Waals surface area (Å²) < 4.78 is 0. The average Bonchev–Trinajstić information content (AvgIpc) is 3.14. The number of nitrogens with one attached hydrogen (secondary N) is 1. The van der Waals surface area contributed by atoms with Gasteiger partial charge in [-0.3, -0.25) is 9.59 Å². The fraction of sp³-hybridized carbons (Fsp3) is 0.500.